The van der Waals surface area contributed by atoms with E-state index in [1.54, 1.807) is 25.1 Å². The van der Waals surface area contributed by atoms with Gasteiger partial charge in [-0.1, -0.05) is 25.5 Å². The Morgan fingerprint density at radius 2 is 1.75 bits per heavy atom. The normalized spacial score (nSPS) is 10.3. The van der Waals surface area contributed by atoms with E-state index in [1.807, 2.05) is 12.1 Å². The Morgan fingerprint density at radius 3 is 2.30 bits per heavy atom. The summed E-state index contributed by atoms with van der Waals surface area (Å²) in [6.45, 7) is 3.91. The summed E-state index contributed by atoms with van der Waals surface area (Å²) in [6, 6.07) is 13.0. The molecule has 0 unspecified atom stereocenters. The van der Waals surface area contributed by atoms with Gasteiger partial charge in [-0.05, 0) is 54.8 Å². The first-order chi connectivity index (χ1) is 9.60. The van der Waals surface area contributed by atoms with Gasteiger partial charge >= 0.3 is 5.97 Å². The third kappa shape index (κ3) is 3.38. The molecule has 0 saturated carbocycles. The molecule has 3 nitrogen and oxygen atoms in total. The fourth-order valence-corrected chi connectivity index (χ4v) is 2.09. The van der Waals surface area contributed by atoms with Crippen LogP contribution in [-0.2, 0) is 6.42 Å². The smallest absolute Gasteiger partial charge is 0.335 e. The SMILES string of the molecule is CCCc1ccc(Oc2ccc(C(=O)O)c(C)c2)cc1. The maximum atomic E-state index is 10.9. The topological polar surface area (TPSA) is 46.5 Å². The van der Waals surface area contributed by atoms with Crippen molar-refractivity contribution in [1.29, 1.82) is 0 Å². The lowest BCUT2D eigenvalue weighted by Gasteiger charge is -2.08. The van der Waals surface area contributed by atoms with Crippen molar-refractivity contribution in [2.75, 3.05) is 0 Å². The lowest BCUT2D eigenvalue weighted by molar-refractivity contribution is 0.0696. The zero-order valence-electron chi connectivity index (χ0n) is 11.7. The Kier molecular flexibility index (Phi) is 4.41. The fraction of sp³-hybridized carbons (Fsp3) is 0.235. The van der Waals surface area contributed by atoms with Gasteiger partial charge in [-0.25, -0.2) is 4.79 Å². The minimum atomic E-state index is -0.919. The van der Waals surface area contributed by atoms with E-state index in [-0.39, 0.29) is 0 Å². The van der Waals surface area contributed by atoms with E-state index in [0.29, 0.717) is 16.9 Å². The average molecular weight is 270 g/mol. The summed E-state index contributed by atoms with van der Waals surface area (Å²) in [5, 5.41) is 8.99. The molecule has 0 amide bonds. The minimum absolute atomic E-state index is 0.302. The van der Waals surface area contributed by atoms with Crippen LogP contribution in [0.4, 0.5) is 0 Å². The molecule has 20 heavy (non-hydrogen) atoms. The number of hydrogen-bond donors (Lipinski definition) is 1. The lowest BCUT2D eigenvalue weighted by atomic mass is 10.1. The fourth-order valence-electron chi connectivity index (χ4n) is 2.09. The van der Waals surface area contributed by atoms with Crippen molar-refractivity contribution in [3.63, 3.8) is 0 Å². The van der Waals surface area contributed by atoms with Crippen molar-refractivity contribution in [2.45, 2.75) is 26.7 Å². The first kappa shape index (κ1) is 14.1. The van der Waals surface area contributed by atoms with Gasteiger partial charge in [0, 0.05) is 0 Å². The summed E-state index contributed by atoms with van der Waals surface area (Å²) in [5.74, 6) is 0.487. The molecule has 0 aromatic heterocycles. The Bertz CT molecular complexity index is 600. The molecule has 0 bridgehead atoms. The van der Waals surface area contributed by atoms with Crippen molar-refractivity contribution in [3.8, 4) is 11.5 Å². The predicted molar refractivity (Wildman–Crippen MR) is 78.6 cm³/mol. The van der Waals surface area contributed by atoms with Crippen LogP contribution in [0.3, 0.4) is 0 Å². The Balaban J connectivity index is 2.13. The molecule has 2 aromatic carbocycles. The van der Waals surface area contributed by atoms with Crippen LogP contribution in [0.5, 0.6) is 11.5 Å². The molecule has 2 aromatic rings. The van der Waals surface area contributed by atoms with Gasteiger partial charge in [0.05, 0.1) is 5.56 Å². The molecule has 2 rings (SSSR count). The number of carbonyl (C=O) groups is 1. The van der Waals surface area contributed by atoms with Gasteiger partial charge < -0.3 is 9.84 Å². The zero-order valence-corrected chi connectivity index (χ0v) is 11.7. The van der Waals surface area contributed by atoms with Crippen molar-refractivity contribution in [2.24, 2.45) is 0 Å². The van der Waals surface area contributed by atoms with Gasteiger partial charge in [0.1, 0.15) is 11.5 Å². The second kappa shape index (κ2) is 6.24. The van der Waals surface area contributed by atoms with E-state index in [0.717, 1.165) is 18.6 Å². The predicted octanol–water partition coefficient (Wildman–Crippen LogP) is 4.44. The van der Waals surface area contributed by atoms with Crippen LogP contribution in [-0.4, -0.2) is 11.1 Å². The van der Waals surface area contributed by atoms with E-state index < -0.39 is 5.97 Å². The lowest BCUT2D eigenvalue weighted by Crippen LogP contribution is -1.99. The van der Waals surface area contributed by atoms with Crippen LogP contribution in [0.15, 0.2) is 42.5 Å². The first-order valence-electron chi connectivity index (χ1n) is 6.71. The average Bonchev–Trinajstić information content (AvgIpc) is 2.41. The van der Waals surface area contributed by atoms with Crippen molar-refractivity contribution >= 4 is 5.97 Å². The zero-order chi connectivity index (χ0) is 14.5. The van der Waals surface area contributed by atoms with E-state index in [2.05, 4.69) is 19.1 Å². The van der Waals surface area contributed by atoms with Crippen molar-refractivity contribution in [1.82, 2.24) is 0 Å². The Labute approximate surface area is 118 Å². The first-order valence-corrected chi connectivity index (χ1v) is 6.71. The molecule has 0 saturated heterocycles. The number of rotatable bonds is 5. The number of aryl methyl sites for hydroxylation is 2. The molecule has 0 fully saturated rings. The van der Waals surface area contributed by atoms with Gasteiger partial charge in [-0.3, -0.25) is 0 Å². The molecule has 0 spiro atoms. The molecule has 0 aliphatic carbocycles. The molecular weight excluding hydrogens is 252 g/mol. The second-order valence-corrected chi connectivity index (χ2v) is 4.78. The molecule has 0 aliphatic heterocycles. The summed E-state index contributed by atoms with van der Waals surface area (Å²) in [7, 11) is 0. The van der Waals surface area contributed by atoms with Gasteiger partial charge in [0.25, 0.3) is 0 Å². The largest absolute Gasteiger partial charge is 0.478 e. The van der Waals surface area contributed by atoms with Crippen LogP contribution < -0.4 is 4.74 Å². The number of carboxylic acids is 1. The van der Waals surface area contributed by atoms with Gasteiger partial charge in [-0.2, -0.15) is 0 Å². The van der Waals surface area contributed by atoms with Gasteiger partial charge in [0.2, 0.25) is 0 Å². The molecule has 104 valence electrons. The maximum absolute atomic E-state index is 10.9. The standard InChI is InChI=1S/C17H18O3/c1-3-4-13-5-7-14(8-6-13)20-15-9-10-16(17(18)19)12(2)11-15/h5-11H,3-4H2,1-2H3,(H,18,19). The molecule has 0 aliphatic rings. The molecule has 0 atom stereocenters. The maximum Gasteiger partial charge on any atom is 0.335 e. The summed E-state index contributed by atoms with van der Waals surface area (Å²) < 4.78 is 5.73. The number of carboxylic acid groups (broad SMARTS) is 1. The highest BCUT2D eigenvalue weighted by Gasteiger charge is 2.08. The Hall–Kier alpha value is -2.29. The van der Waals surface area contributed by atoms with E-state index >= 15 is 0 Å². The molecule has 3 heteroatoms. The number of aromatic carboxylic acids is 1. The van der Waals surface area contributed by atoms with Crippen molar-refractivity contribution in [3.05, 3.63) is 59.2 Å². The quantitative estimate of drug-likeness (QED) is 0.873. The third-order valence-electron chi connectivity index (χ3n) is 3.13. The van der Waals surface area contributed by atoms with Crippen molar-refractivity contribution < 1.29 is 14.6 Å². The second-order valence-electron chi connectivity index (χ2n) is 4.78. The van der Waals surface area contributed by atoms with Gasteiger partial charge in [-0.15, -0.1) is 0 Å². The minimum Gasteiger partial charge on any atom is -0.478 e. The van der Waals surface area contributed by atoms with E-state index in [4.69, 9.17) is 9.84 Å². The summed E-state index contributed by atoms with van der Waals surface area (Å²) in [5.41, 5.74) is 2.28. The highest BCUT2D eigenvalue weighted by Crippen LogP contribution is 2.24. The highest BCUT2D eigenvalue weighted by molar-refractivity contribution is 5.89. The molecule has 0 radical (unpaired) electrons. The highest BCUT2D eigenvalue weighted by atomic mass is 16.5. The third-order valence-corrected chi connectivity index (χ3v) is 3.13. The number of hydrogen-bond acceptors (Lipinski definition) is 2. The molecule has 0 heterocycles. The molecule has 1 N–H and O–H groups in total. The van der Waals surface area contributed by atoms with E-state index in [9.17, 15) is 4.79 Å². The van der Waals surface area contributed by atoms with Crippen LogP contribution in [0.25, 0.3) is 0 Å². The van der Waals surface area contributed by atoms with Crippen LogP contribution in [0.1, 0.15) is 34.8 Å². The summed E-state index contributed by atoms with van der Waals surface area (Å²) >= 11 is 0. The van der Waals surface area contributed by atoms with Crippen LogP contribution >= 0.6 is 0 Å². The van der Waals surface area contributed by atoms with Crippen LogP contribution in [0, 0.1) is 6.92 Å². The number of benzene rings is 2. The molecular formula is C17H18O3. The Morgan fingerprint density at radius 1 is 1.10 bits per heavy atom. The monoisotopic (exact) mass is 270 g/mol. The summed E-state index contributed by atoms with van der Waals surface area (Å²) in [4.78, 5) is 10.9. The number of ether oxygens (including phenoxy) is 1. The van der Waals surface area contributed by atoms with Gasteiger partial charge in [0.15, 0.2) is 0 Å². The summed E-state index contributed by atoms with van der Waals surface area (Å²) in [6.07, 6.45) is 2.18. The van der Waals surface area contributed by atoms with Crippen LogP contribution in [0.2, 0.25) is 0 Å². The van der Waals surface area contributed by atoms with E-state index in [1.165, 1.54) is 5.56 Å².